The van der Waals surface area contributed by atoms with E-state index in [4.69, 9.17) is 0 Å². The molecule has 3 rings (SSSR count). The van der Waals surface area contributed by atoms with Crippen LogP contribution in [0.3, 0.4) is 0 Å². The summed E-state index contributed by atoms with van der Waals surface area (Å²) in [6.07, 6.45) is -4.63. The van der Waals surface area contributed by atoms with E-state index in [0.717, 1.165) is 12.1 Å². The highest BCUT2D eigenvalue weighted by atomic mass is 32.2. The number of carboxylic acid groups (broad SMARTS) is 1. The Balaban J connectivity index is 2.00. The number of sulfonamides is 1. The number of aromatic carboxylic acids is 1. The second kappa shape index (κ2) is 7.79. The molecule has 5 nitrogen and oxygen atoms in total. The zero-order valence-corrected chi connectivity index (χ0v) is 15.8. The predicted molar refractivity (Wildman–Crippen MR) is 101 cm³/mol. The Morgan fingerprint density at radius 2 is 1.43 bits per heavy atom. The first-order chi connectivity index (χ1) is 14.0. The van der Waals surface area contributed by atoms with Gasteiger partial charge in [-0.15, -0.1) is 0 Å². The Hall–Kier alpha value is -3.40. The van der Waals surface area contributed by atoms with Crippen molar-refractivity contribution in [3.8, 4) is 11.1 Å². The molecule has 0 unspecified atom stereocenters. The number of carbonyl (C=O) groups is 1. The highest BCUT2D eigenvalue weighted by Crippen LogP contribution is 2.31. The van der Waals surface area contributed by atoms with E-state index in [9.17, 15) is 35.9 Å². The number of alkyl halides is 3. The second-order valence-corrected chi connectivity index (χ2v) is 7.88. The van der Waals surface area contributed by atoms with Crippen molar-refractivity contribution < 1.29 is 35.9 Å². The van der Waals surface area contributed by atoms with E-state index in [1.807, 2.05) is 0 Å². The highest BCUT2D eigenvalue weighted by Gasteiger charge is 2.30. The predicted octanol–water partition coefficient (Wildman–Crippen LogP) is 5.01. The first-order valence-corrected chi connectivity index (χ1v) is 9.79. The normalized spacial score (nSPS) is 11.9. The first-order valence-electron chi connectivity index (χ1n) is 8.31. The third-order valence-corrected chi connectivity index (χ3v) is 5.55. The van der Waals surface area contributed by atoms with E-state index in [1.165, 1.54) is 42.5 Å². The number of halogens is 4. The summed E-state index contributed by atoms with van der Waals surface area (Å²) in [4.78, 5) is 11.0. The van der Waals surface area contributed by atoms with E-state index in [0.29, 0.717) is 23.3 Å². The van der Waals surface area contributed by atoms with E-state index in [1.54, 1.807) is 0 Å². The summed E-state index contributed by atoms with van der Waals surface area (Å²) in [5.41, 5.74) is -0.764. The van der Waals surface area contributed by atoms with Gasteiger partial charge in [-0.2, -0.15) is 13.2 Å². The van der Waals surface area contributed by atoms with Crippen molar-refractivity contribution in [3.63, 3.8) is 0 Å². The summed E-state index contributed by atoms with van der Waals surface area (Å²) < 4.78 is 78.5. The third kappa shape index (κ3) is 4.60. The fraction of sp³-hybridized carbons (Fsp3) is 0.0500. The number of carboxylic acids is 1. The lowest BCUT2D eigenvalue weighted by Crippen LogP contribution is -2.16. The molecule has 0 heterocycles. The van der Waals surface area contributed by atoms with Crippen molar-refractivity contribution >= 4 is 21.7 Å². The lowest BCUT2D eigenvalue weighted by Gasteiger charge is -2.13. The molecule has 0 aromatic heterocycles. The van der Waals surface area contributed by atoms with Gasteiger partial charge in [0.25, 0.3) is 10.0 Å². The molecule has 10 heteroatoms. The quantitative estimate of drug-likeness (QED) is 0.548. The van der Waals surface area contributed by atoms with E-state index < -0.39 is 38.4 Å². The standard InChI is InChI=1S/C20H13F4NO4S/c21-15-6-1-12(2-7-15)13-3-10-17(19(26)27)18(11-13)25-30(28,29)16-8-4-14(5-9-16)20(22,23)24/h1-11,25H,(H,26,27). The maximum absolute atomic E-state index is 13.1. The maximum atomic E-state index is 13.1. The highest BCUT2D eigenvalue weighted by molar-refractivity contribution is 7.92. The molecular weight excluding hydrogens is 426 g/mol. The SMILES string of the molecule is O=C(O)c1ccc(-c2ccc(F)cc2)cc1NS(=O)(=O)c1ccc(C(F)(F)F)cc1. The minimum Gasteiger partial charge on any atom is -0.478 e. The molecule has 0 saturated heterocycles. The van der Waals surface area contributed by atoms with Crippen molar-refractivity contribution in [1.82, 2.24) is 0 Å². The van der Waals surface area contributed by atoms with Gasteiger partial charge in [0.2, 0.25) is 0 Å². The molecule has 3 aromatic carbocycles. The van der Waals surface area contributed by atoms with Gasteiger partial charge in [-0.25, -0.2) is 17.6 Å². The molecule has 30 heavy (non-hydrogen) atoms. The zero-order valence-electron chi connectivity index (χ0n) is 14.9. The summed E-state index contributed by atoms with van der Waals surface area (Å²) in [6, 6.07) is 11.8. The van der Waals surface area contributed by atoms with Crippen LogP contribution in [0.1, 0.15) is 15.9 Å². The van der Waals surface area contributed by atoms with Crippen LogP contribution in [0.4, 0.5) is 23.2 Å². The first kappa shape index (κ1) is 21.3. The van der Waals surface area contributed by atoms with Crippen molar-refractivity contribution in [2.75, 3.05) is 4.72 Å². The summed E-state index contributed by atoms with van der Waals surface area (Å²) in [5.74, 6) is -1.89. The summed E-state index contributed by atoms with van der Waals surface area (Å²) in [5, 5.41) is 9.35. The number of nitrogens with one attached hydrogen (secondary N) is 1. The average Bonchev–Trinajstić information content (AvgIpc) is 2.67. The Morgan fingerprint density at radius 1 is 0.867 bits per heavy atom. The van der Waals surface area contributed by atoms with Gasteiger partial charge in [-0.05, 0) is 59.7 Å². The number of hydrogen-bond donors (Lipinski definition) is 2. The minimum absolute atomic E-state index is 0.288. The zero-order chi connectivity index (χ0) is 22.1. The van der Waals surface area contributed by atoms with Gasteiger partial charge >= 0.3 is 12.1 Å². The van der Waals surface area contributed by atoms with Gasteiger partial charge in [0, 0.05) is 0 Å². The van der Waals surface area contributed by atoms with E-state index in [-0.39, 0.29) is 11.3 Å². The fourth-order valence-electron chi connectivity index (χ4n) is 2.66. The molecule has 3 aromatic rings. The Bertz CT molecular complexity index is 1190. The van der Waals surface area contributed by atoms with E-state index >= 15 is 0 Å². The third-order valence-electron chi connectivity index (χ3n) is 4.16. The number of hydrogen-bond acceptors (Lipinski definition) is 3. The molecule has 0 saturated carbocycles. The fourth-order valence-corrected chi connectivity index (χ4v) is 3.73. The average molecular weight is 439 g/mol. The van der Waals surface area contributed by atoms with Crippen LogP contribution in [0.15, 0.2) is 71.6 Å². The summed E-state index contributed by atoms with van der Waals surface area (Å²) in [7, 11) is -4.38. The largest absolute Gasteiger partial charge is 0.478 e. The smallest absolute Gasteiger partial charge is 0.416 e. The van der Waals surface area contributed by atoms with Crippen molar-refractivity contribution in [3.05, 3.63) is 83.7 Å². The molecule has 0 spiro atoms. The molecule has 0 atom stereocenters. The molecule has 0 amide bonds. The molecule has 0 aliphatic heterocycles. The van der Waals surface area contributed by atoms with Crippen LogP contribution >= 0.6 is 0 Å². The van der Waals surface area contributed by atoms with Gasteiger partial charge < -0.3 is 5.11 Å². The van der Waals surface area contributed by atoms with Crippen LogP contribution in [0.5, 0.6) is 0 Å². The number of anilines is 1. The van der Waals surface area contributed by atoms with Gasteiger partial charge in [0.1, 0.15) is 5.82 Å². The number of benzene rings is 3. The Labute approximate surface area is 168 Å². The summed E-state index contributed by atoms with van der Waals surface area (Å²) in [6.45, 7) is 0. The van der Waals surface area contributed by atoms with Crippen molar-refractivity contribution in [2.24, 2.45) is 0 Å². The molecule has 0 aliphatic carbocycles. The lowest BCUT2D eigenvalue weighted by atomic mass is 10.0. The van der Waals surface area contributed by atoms with Crippen LogP contribution in [-0.4, -0.2) is 19.5 Å². The van der Waals surface area contributed by atoms with Gasteiger partial charge in [0.15, 0.2) is 0 Å². The molecular formula is C20H13F4NO4S. The van der Waals surface area contributed by atoms with Crippen LogP contribution in [0.2, 0.25) is 0 Å². The van der Waals surface area contributed by atoms with Crippen LogP contribution in [0.25, 0.3) is 11.1 Å². The topological polar surface area (TPSA) is 83.5 Å². The minimum atomic E-state index is -4.63. The van der Waals surface area contributed by atoms with Crippen LogP contribution < -0.4 is 4.72 Å². The van der Waals surface area contributed by atoms with Gasteiger partial charge in [0.05, 0.1) is 21.7 Å². The maximum Gasteiger partial charge on any atom is 0.416 e. The Kier molecular flexibility index (Phi) is 5.53. The van der Waals surface area contributed by atoms with Crippen LogP contribution in [0, 0.1) is 5.82 Å². The Morgan fingerprint density at radius 3 is 1.97 bits per heavy atom. The van der Waals surface area contributed by atoms with E-state index in [2.05, 4.69) is 4.72 Å². The molecule has 156 valence electrons. The molecule has 0 radical (unpaired) electrons. The van der Waals surface area contributed by atoms with Gasteiger partial charge in [-0.3, -0.25) is 4.72 Å². The van der Waals surface area contributed by atoms with Crippen LogP contribution in [-0.2, 0) is 16.2 Å². The van der Waals surface area contributed by atoms with Crippen molar-refractivity contribution in [2.45, 2.75) is 11.1 Å². The van der Waals surface area contributed by atoms with Crippen molar-refractivity contribution in [1.29, 1.82) is 0 Å². The second-order valence-electron chi connectivity index (χ2n) is 6.20. The molecule has 0 fully saturated rings. The molecule has 0 aliphatic rings. The lowest BCUT2D eigenvalue weighted by molar-refractivity contribution is -0.137. The monoisotopic (exact) mass is 439 g/mol. The number of rotatable bonds is 5. The molecule has 2 N–H and O–H groups in total. The molecule has 0 bridgehead atoms. The van der Waals surface area contributed by atoms with Gasteiger partial charge in [-0.1, -0.05) is 18.2 Å². The summed E-state index contributed by atoms with van der Waals surface area (Å²) >= 11 is 0.